The summed E-state index contributed by atoms with van der Waals surface area (Å²) >= 11 is 0. The van der Waals surface area contributed by atoms with Crippen molar-refractivity contribution in [1.29, 1.82) is 0 Å². The van der Waals surface area contributed by atoms with Crippen molar-refractivity contribution < 1.29 is 22.7 Å². The van der Waals surface area contributed by atoms with Crippen molar-refractivity contribution in [2.45, 2.75) is 54.9 Å². The van der Waals surface area contributed by atoms with Crippen molar-refractivity contribution in [3.8, 4) is 5.75 Å². The van der Waals surface area contributed by atoms with E-state index in [0.717, 1.165) is 37.0 Å². The van der Waals surface area contributed by atoms with Crippen LogP contribution in [0.1, 0.15) is 43.2 Å². The zero-order chi connectivity index (χ0) is 23.3. The van der Waals surface area contributed by atoms with Gasteiger partial charge in [-0.2, -0.15) is 0 Å². The zero-order valence-corrected chi connectivity index (χ0v) is 19.8. The smallest absolute Gasteiger partial charge is 0.240 e. The molecule has 2 aromatic rings. The molecule has 2 aliphatic rings. The first kappa shape index (κ1) is 23.7. The van der Waals surface area contributed by atoms with Gasteiger partial charge in [-0.05, 0) is 67.5 Å². The number of aryl methyl sites for hydroxylation is 1. The van der Waals surface area contributed by atoms with Gasteiger partial charge >= 0.3 is 0 Å². The Labute approximate surface area is 195 Å². The second-order valence-corrected chi connectivity index (χ2v) is 10.7. The number of benzene rings is 2. The average molecular weight is 473 g/mol. The molecule has 7 nitrogen and oxygen atoms in total. The minimum absolute atomic E-state index is 0.0125. The lowest BCUT2D eigenvalue weighted by Crippen LogP contribution is -2.44. The van der Waals surface area contributed by atoms with E-state index < -0.39 is 10.0 Å². The molecular formula is C25H32N2O5S. The quantitative estimate of drug-likeness (QED) is 0.555. The summed E-state index contributed by atoms with van der Waals surface area (Å²) in [4.78, 5) is 12.9. The van der Waals surface area contributed by atoms with Gasteiger partial charge in [-0.3, -0.25) is 4.79 Å². The molecule has 0 atom stereocenters. The monoisotopic (exact) mass is 472 g/mol. The maximum atomic E-state index is 12.6. The number of nitrogens with one attached hydrogen (secondary N) is 2. The molecule has 4 rings (SSSR count). The Morgan fingerprint density at radius 2 is 1.73 bits per heavy atom. The fourth-order valence-electron chi connectivity index (χ4n) is 4.21. The minimum Gasteiger partial charge on any atom is -0.497 e. The van der Waals surface area contributed by atoms with E-state index in [-0.39, 0.29) is 22.3 Å². The maximum absolute atomic E-state index is 12.6. The second-order valence-electron chi connectivity index (χ2n) is 8.94. The predicted molar refractivity (Wildman–Crippen MR) is 126 cm³/mol. The van der Waals surface area contributed by atoms with Crippen molar-refractivity contribution in [2.24, 2.45) is 0 Å². The first-order valence-electron chi connectivity index (χ1n) is 11.5. The van der Waals surface area contributed by atoms with Crippen LogP contribution in [-0.4, -0.2) is 47.2 Å². The van der Waals surface area contributed by atoms with Crippen LogP contribution in [0.3, 0.4) is 0 Å². The van der Waals surface area contributed by atoms with E-state index in [4.69, 9.17) is 9.47 Å². The number of hydrogen-bond donors (Lipinski definition) is 2. The summed E-state index contributed by atoms with van der Waals surface area (Å²) in [5.74, 6) is 0.800. The van der Waals surface area contributed by atoms with Crippen LogP contribution in [0.25, 0.3) is 0 Å². The Morgan fingerprint density at radius 3 is 2.33 bits per heavy atom. The Bertz CT molecular complexity index is 1040. The molecular weight excluding hydrogens is 440 g/mol. The van der Waals surface area contributed by atoms with Gasteiger partial charge in [0.1, 0.15) is 5.75 Å². The molecule has 178 valence electrons. The highest BCUT2D eigenvalue weighted by molar-refractivity contribution is 7.89. The molecule has 2 N–H and O–H groups in total. The Kier molecular flexibility index (Phi) is 7.36. The van der Waals surface area contributed by atoms with Crippen molar-refractivity contribution in [2.75, 3.05) is 26.9 Å². The van der Waals surface area contributed by atoms with Gasteiger partial charge in [-0.25, -0.2) is 13.1 Å². The summed E-state index contributed by atoms with van der Waals surface area (Å²) < 4.78 is 38.1. The van der Waals surface area contributed by atoms with Crippen LogP contribution in [-0.2, 0) is 31.4 Å². The van der Waals surface area contributed by atoms with Crippen molar-refractivity contribution in [3.05, 3.63) is 59.7 Å². The molecule has 8 heteroatoms. The highest BCUT2D eigenvalue weighted by Crippen LogP contribution is 2.35. The third kappa shape index (κ3) is 6.13. The lowest BCUT2D eigenvalue weighted by Gasteiger charge is -2.38. The molecule has 1 aliphatic heterocycles. The third-order valence-electron chi connectivity index (χ3n) is 6.55. The largest absolute Gasteiger partial charge is 0.497 e. The van der Waals surface area contributed by atoms with Crippen LogP contribution in [0.4, 0.5) is 0 Å². The van der Waals surface area contributed by atoms with Gasteiger partial charge in [-0.1, -0.05) is 24.3 Å². The maximum Gasteiger partial charge on any atom is 0.240 e. The fraction of sp³-hybridized carbons (Fsp3) is 0.480. The van der Waals surface area contributed by atoms with Gasteiger partial charge < -0.3 is 14.8 Å². The van der Waals surface area contributed by atoms with Gasteiger partial charge in [-0.15, -0.1) is 0 Å². The molecule has 0 aromatic heterocycles. The molecule has 2 fully saturated rings. The number of carbonyl (C=O) groups is 1. The molecule has 1 amide bonds. The zero-order valence-electron chi connectivity index (χ0n) is 19.0. The molecule has 0 bridgehead atoms. The van der Waals surface area contributed by atoms with E-state index in [9.17, 15) is 13.2 Å². The van der Waals surface area contributed by atoms with Crippen molar-refractivity contribution >= 4 is 15.9 Å². The van der Waals surface area contributed by atoms with Gasteiger partial charge in [0, 0.05) is 37.6 Å². The molecule has 1 saturated carbocycles. The number of ether oxygens (including phenoxy) is 2. The fourth-order valence-corrected chi connectivity index (χ4v) is 5.52. The molecule has 1 saturated heterocycles. The van der Waals surface area contributed by atoms with Crippen molar-refractivity contribution in [3.63, 3.8) is 0 Å². The van der Waals surface area contributed by atoms with Crippen LogP contribution in [0.15, 0.2) is 53.4 Å². The number of rotatable bonds is 10. The topological polar surface area (TPSA) is 93.7 Å². The Morgan fingerprint density at radius 1 is 1.06 bits per heavy atom. The number of carbonyl (C=O) groups excluding carboxylic acids is 1. The van der Waals surface area contributed by atoms with E-state index in [0.29, 0.717) is 32.6 Å². The van der Waals surface area contributed by atoms with Crippen LogP contribution < -0.4 is 14.8 Å². The minimum atomic E-state index is -3.45. The second kappa shape index (κ2) is 10.2. The molecule has 0 radical (unpaired) electrons. The van der Waals surface area contributed by atoms with Gasteiger partial charge in [0.05, 0.1) is 12.0 Å². The summed E-state index contributed by atoms with van der Waals surface area (Å²) in [6.07, 6.45) is 4.41. The van der Waals surface area contributed by atoms with E-state index in [2.05, 4.69) is 22.2 Å². The van der Waals surface area contributed by atoms with Crippen LogP contribution in [0.5, 0.6) is 5.75 Å². The lowest BCUT2D eigenvalue weighted by molar-refractivity contribution is -0.121. The summed E-state index contributed by atoms with van der Waals surface area (Å²) in [5, 5.41) is 3.12. The number of sulfonamides is 1. The summed E-state index contributed by atoms with van der Waals surface area (Å²) in [6.45, 7) is 1.91. The van der Waals surface area contributed by atoms with Crippen LogP contribution >= 0.6 is 0 Å². The molecule has 0 spiro atoms. The van der Waals surface area contributed by atoms with E-state index in [1.165, 1.54) is 5.56 Å². The Hall–Kier alpha value is -2.42. The first-order chi connectivity index (χ1) is 15.9. The highest BCUT2D eigenvalue weighted by Gasteiger charge is 2.35. The highest BCUT2D eigenvalue weighted by atomic mass is 32.2. The molecule has 1 heterocycles. The first-order valence-corrected chi connectivity index (χ1v) is 13.0. The predicted octanol–water partition coefficient (Wildman–Crippen LogP) is 2.93. The van der Waals surface area contributed by atoms with Crippen molar-refractivity contribution in [1.82, 2.24) is 10.0 Å². The molecule has 2 aromatic carbocycles. The van der Waals surface area contributed by atoms with E-state index in [1.54, 1.807) is 31.4 Å². The normalized spacial score (nSPS) is 18.0. The molecule has 33 heavy (non-hydrogen) atoms. The summed E-state index contributed by atoms with van der Waals surface area (Å²) in [6, 6.07) is 14.9. The van der Waals surface area contributed by atoms with Gasteiger partial charge in [0.2, 0.25) is 15.9 Å². The van der Waals surface area contributed by atoms with Gasteiger partial charge in [0.25, 0.3) is 0 Å². The lowest BCUT2D eigenvalue weighted by atomic mass is 9.74. The average Bonchev–Trinajstić information content (AvgIpc) is 3.65. The summed E-state index contributed by atoms with van der Waals surface area (Å²) in [5.41, 5.74) is 1.97. The molecule has 0 unspecified atom stereocenters. The van der Waals surface area contributed by atoms with E-state index >= 15 is 0 Å². The van der Waals surface area contributed by atoms with Crippen LogP contribution in [0, 0.1) is 0 Å². The summed E-state index contributed by atoms with van der Waals surface area (Å²) in [7, 11) is -1.80. The van der Waals surface area contributed by atoms with Gasteiger partial charge in [0.15, 0.2) is 0 Å². The SMILES string of the molecule is COc1ccc(C2(CNC(=O)CCc3ccc(S(=O)(=O)NC4CC4)cc3)CCOCC2)cc1. The number of hydrogen-bond acceptors (Lipinski definition) is 5. The molecule has 1 aliphatic carbocycles. The number of amides is 1. The third-order valence-corrected chi connectivity index (χ3v) is 8.09. The Balaban J connectivity index is 1.32. The van der Waals surface area contributed by atoms with Crippen LogP contribution in [0.2, 0.25) is 0 Å². The standard InChI is InChI=1S/C25H32N2O5S/c1-31-22-9-5-20(6-10-22)25(14-16-32-17-15-25)18-26-24(28)13-4-19-2-11-23(12-3-19)33(29,30)27-21-7-8-21/h2-3,5-6,9-12,21,27H,4,7-8,13-18H2,1H3,(H,26,28). The number of methoxy groups -OCH3 is 1. The van der Waals surface area contributed by atoms with E-state index in [1.807, 2.05) is 12.1 Å².